The van der Waals surface area contributed by atoms with E-state index in [1.54, 1.807) is 0 Å². The highest BCUT2D eigenvalue weighted by atomic mass is 16.3. The van der Waals surface area contributed by atoms with E-state index in [0.29, 0.717) is 0 Å². The predicted molar refractivity (Wildman–Crippen MR) is 70.9 cm³/mol. The van der Waals surface area contributed by atoms with Gasteiger partial charge in [0.15, 0.2) is 0 Å². The van der Waals surface area contributed by atoms with Gasteiger partial charge in [-0.25, -0.2) is 0 Å². The van der Waals surface area contributed by atoms with Gasteiger partial charge in [0.2, 0.25) is 0 Å². The summed E-state index contributed by atoms with van der Waals surface area (Å²) >= 11 is 0. The monoisotopic (exact) mass is 228 g/mol. The lowest BCUT2D eigenvalue weighted by Crippen LogP contribution is -2.51. The van der Waals surface area contributed by atoms with Crippen LogP contribution in [-0.2, 0) is 5.41 Å². The molecule has 0 spiro atoms. The second kappa shape index (κ2) is 4.18. The van der Waals surface area contributed by atoms with Crippen molar-refractivity contribution < 1.29 is 5.11 Å². The lowest BCUT2D eigenvalue weighted by Gasteiger charge is -2.50. The first-order valence-electron chi connectivity index (χ1n) is 6.13. The highest BCUT2D eigenvalue weighted by Gasteiger charge is 2.50. The molecular weight excluding hydrogens is 208 g/mol. The Hall–Kier alpha value is -1.30. The van der Waals surface area contributed by atoms with Gasteiger partial charge >= 0.3 is 0 Å². The summed E-state index contributed by atoms with van der Waals surface area (Å²) in [5.41, 5.74) is 4.98. The van der Waals surface area contributed by atoms with Crippen LogP contribution < -0.4 is 0 Å². The Balaban J connectivity index is 2.14. The van der Waals surface area contributed by atoms with Crippen molar-refractivity contribution in [3.63, 3.8) is 0 Å². The number of benzene rings is 1. The van der Waals surface area contributed by atoms with Gasteiger partial charge in [-0.1, -0.05) is 37.3 Å². The first-order valence-corrected chi connectivity index (χ1v) is 6.13. The highest BCUT2D eigenvalue weighted by Crippen LogP contribution is 2.50. The third-order valence-electron chi connectivity index (χ3n) is 3.49. The van der Waals surface area contributed by atoms with Crippen molar-refractivity contribution in [3.05, 3.63) is 53.3 Å². The lowest BCUT2D eigenvalue weighted by molar-refractivity contribution is -0.0437. The van der Waals surface area contributed by atoms with Crippen LogP contribution in [-0.4, -0.2) is 10.7 Å². The van der Waals surface area contributed by atoms with Crippen molar-refractivity contribution in [1.29, 1.82) is 0 Å². The largest absolute Gasteiger partial charge is 0.385 e. The van der Waals surface area contributed by atoms with E-state index in [1.165, 1.54) is 5.56 Å². The van der Waals surface area contributed by atoms with Crippen LogP contribution in [0.25, 0.3) is 0 Å². The number of aliphatic hydroxyl groups is 1. The van der Waals surface area contributed by atoms with Crippen LogP contribution >= 0.6 is 0 Å². The van der Waals surface area contributed by atoms with Crippen LogP contribution in [0.2, 0.25) is 0 Å². The number of hydrogen-bond donors (Lipinski definition) is 1. The molecule has 0 saturated heterocycles. The van der Waals surface area contributed by atoms with Crippen LogP contribution in [0, 0.1) is 0 Å². The summed E-state index contributed by atoms with van der Waals surface area (Å²) < 4.78 is 0. The van der Waals surface area contributed by atoms with Gasteiger partial charge in [-0.05, 0) is 49.3 Å². The lowest BCUT2D eigenvalue weighted by atomic mass is 9.57. The molecule has 90 valence electrons. The molecule has 0 aliphatic heterocycles. The zero-order valence-corrected chi connectivity index (χ0v) is 10.8. The SMILES string of the molecule is CC(C)=C=CC1(O)CC(C)(c2ccccc2)C1. The number of hydrogen-bond acceptors (Lipinski definition) is 1. The Morgan fingerprint density at radius 2 is 1.82 bits per heavy atom. The zero-order chi connectivity index (χ0) is 12.5. The fourth-order valence-electron chi connectivity index (χ4n) is 2.72. The fourth-order valence-corrected chi connectivity index (χ4v) is 2.72. The van der Waals surface area contributed by atoms with Crippen LogP contribution in [0.15, 0.2) is 47.7 Å². The Morgan fingerprint density at radius 1 is 1.24 bits per heavy atom. The molecule has 0 atom stereocenters. The van der Waals surface area contributed by atoms with Gasteiger partial charge in [0.05, 0.1) is 5.60 Å². The van der Waals surface area contributed by atoms with Crippen molar-refractivity contribution in [3.8, 4) is 0 Å². The third-order valence-corrected chi connectivity index (χ3v) is 3.49. The summed E-state index contributed by atoms with van der Waals surface area (Å²) in [6.07, 6.45) is 3.39. The van der Waals surface area contributed by atoms with Crippen LogP contribution in [0.4, 0.5) is 0 Å². The average molecular weight is 228 g/mol. The minimum absolute atomic E-state index is 0.107. The average Bonchev–Trinajstić information content (AvgIpc) is 2.26. The molecular formula is C16H20O. The van der Waals surface area contributed by atoms with E-state index in [4.69, 9.17) is 0 Å². The van der Waals surface area contributed by atoms with E-state index >= 15 is 0 Å². The van der Waals surface area contributed by atoms with Crippen LogP contribution in [0.5, 0.6) is 0 Å². The summed E-state index contributed by atoms with van der Waals surface area (Å²) in [4.78, 5) is 0. The molecule has 2 rings (SSSR count). The maximum atomic E-state index is 10.3. The first-order chi connectivity index (χ1) is 7.94. The first kappa shape index (κ1) is 12.2. The summed E-state index contributed by atoms with van der Waals surface area (Å²) in [7, 11) is 0. The van der Waals surface area contributed by atoms with Crippen molar-refractivity contribution in [1.82, 2.24) is 0 Å². The van der Waals surface area contributed by atoms with Gasteiger partial charge in [0.25, 0.3) is 0 Å². The summed E-state index contributed by atoms with van der Waals surface area (Å²) in [5.74, 6) is 0. The molecule has 0 radical (unpaired) electrons. The summed E-state index contributed by atoms with van der Waals surface area (Å²) in [6, 6.07) is 10.4. The molecule has 1 N–H and O–H groups in total. The van der Waals surface area contributed by atoms with Crippen molar-refractivity contribution in [2.45, 2.75) is 44.6 Å². The minimum atomic E-state index is -0.665. The Kier molecular flexibility index (Phi) is 2.99. The molecule has 0 unspecified atom stereocenters. The third kappa shape index (κ3) is 2.52. The second-order valence-electron chi connectivity index (χ2n) is 5.67. The van der Waals surface area contributed by atoms with Gasteiger partial charge in [0, 0.05) is 0 Å². The van der Waals surface area contributed by atoms with E-state index in [9.17, 15) is 5.11 Å². The number of rotatable bonds is 2. The van der Waals surface area contributed by atoms with Crippen LogP contribution in [0.3, 0.4) is 0 Å². The minimum Gasteiger partial charge on any atom is -0.385 e. The molecule has 1 aliphatic carbocycles. The summed E-state index contributed by atoms with van der Waals surface area (Å²) in [5, 5.41) is 10.3. The Labute approximate surface area is 103 Å². The maximum absolute atomic E-state index is 10.3. The van der Waals surface area contributed by atoms with E-state index in [0.717, 1.165) is 18.4 Å². The highest BCUT2D eigenvalue weighted by molar-refractivity contribution is 5.32. The Bertz CT molecular complexity index is 454. The van der Waals surface area contributed by atoms with Gasteiger partial charge in [-0.15, -0.1) is 5.73 Å². The van der Waals surface area contributed by atoms with E-state index in [-0.39, 0.29) is 5.41 Å². The Morgan fingerprint density at radius 3 is 2.35 bits per heavy atom. The van der Waals surface area contributed by atoms with E-state index in [2.05, 4.69) is 36.9 Å². The smallest absolute Gasteiger partial charge is 0.0917 e. The molecule has 1 aliphatic rings. The molecule has 0 bridgehead atoms. The van der Waals surface area contributed by atoms with Crippen molar-refractivity contribution in [2.75, 3.05) is 0 Å². The molecule has 1 fully saturated rings. The molecule has 1 heteroatoms. The molecule has 0 aromatic heterocycles. The van der Waals surface area contributed by atoms with Crippen LogP contribution in [0.1, 0.15) is 39.2 Å². The second-order valence-corrected chi connectivity index (χ2v) is 5.67. The molecule has 1 nitrogen and oxygen atoms in total. The van der Waals surface area contributed by atoms with Crippen molar-refractivity contribution >= 4 is 0 Å². The van der Waals surface area contributed by atoms with E-state index < -0.39 is 5.60 Å². The molecule has 0 heterocycles. The maximum Gasteiger partial charge on any atom is 0.0917 e. The van der Waals surface area contributed by atoms with Gasteiger partial charge in [-0.2, -0.15) is 0 Å². The molecule has 1 aromatic carbocycles. The van der Waals surface area contributed by atoms with Gasteiger partial charge in [0.1, 0.15) is 0 Å². The zero-order valence-electron chi connectivity index (χ0n) is 10.8. The summed E-state index contributed by atoms with van der Waals surface area (Å²) in [6.45, 7) is 6.21. The molecule has 0 amide bonds. The standard InChI is InChI=1S/C16H20O/c1-13(2)9-10-16(17)11-15(3,12-16)14-7-5-4-6-8-14/h4-8,10,17H,11-12H2,1-3H3. The predicted octanol–water partition coefficient (Wildman–Crippen LogP) is 3.59. The molecule has 1 aromatic rings. The van der Waals surface area contributed by atoms with E-state index in [1.807, 2.05) is 26.0 Å². The van der Waals surface area contributed by atoms with Gasteiger partial charge in [-0.3, -0.25) is 0 Å². The molecule has 1 saturated carbocycles. The quantitative estimate of drug-likeness (QED) is 0.767. The van der Waals surface area contributed by atoms with Crippen molar-refractivity contribution in [2.24, 2.45) is 0 Å². The normalized spacial score (nSPS) is 31.3. The molecule has 17 heavy (non-hydrogen) atoms. The van der Waals surface area contributed by atoms with Gasteiger partial charge < -0.3 is 5.11 Å². The topological polar surface area (TPSA) is 20.2 Å². The fraction of sp³-hybridized carbons (Fsp3) is 0.438.